The molecule has 0 radical (unpaired) electrons. The maximum absolute atomic E-state index is 12.8. The molecule has 2 aromatic carbocycles. The average Bonchev–Trinajstić information content (AvgIpc) is 2.79. The predicted molar refractivity (Wildman–Crippen MR) is 117 cm³/mol. The number of fused-ring (bicyclic) bond motifs is 1. The molecule has 1 amide bonds. The molecule has 0 unspecified atom stereocenters. The molecule has 4 rings (SSSR count). The number of rotatable bonds is 5. The van der Waals surface area contributed by atoms with Crippen molar-refractivity contribution in [3.8, 4) is 11.5 Å². The minimum Gasteiger partial charge on any atom is -0.485 e. The number of sulfone groups is 1. The summed E-state index contributed by atoms with van der Waals surface area (Å²) < 4.78 is 37.1. The Hall–Kier alpha value is -2.58. The normalized spacial score (nSPS) is 19.3. The van der Waals surface area contributed by atoms with Crippen LogP contribution >= 0.6 is 0 Å². The maximum atomic E-state index is 12.8. The molecule has 0 bridgehead atoms. The van der Waals surface area contributed by atoms with Gasteiger partial charge < -0.3 is 14.4 Å². The minimum absolute atomic E-state index is 0.0710. The highest BCUT2D eigenvalue weighted by Gasteiger charge is 2.33. The number of ether oxygens (including phenoxy) is 2. The molecule has 2 aliphatic heterocycles. The fourth-order valence-corrected chi connectivity index (χ4v) is 5.58. The molecule has 2 heterocycles. The number of piperazine rings is 1. The summed E-state index contributed by atoms with van der Waals surface area (Å²) in [6, 6.07) is 12.8. The number of aryl methyl sites for hydroxylation is 2. The van der Waals surface area contributed by atoms with Gasteiger partial charge in [0.2, 0.25) is 6.10 Å². The Morgan fingerprint density at radius 3 is 2.48 bits per heavy atom. The quantitative estimate of drug-likeness (QED) is 0.703. The van der Waals surface area contributed by atoms with Crippen LogP contribution in [0.1, 0.15) is 11.1 Å². The average molecular weight is 445 g/mol. The van der Waals surface area contributed by atoms with Crippen LogP contribution in [0.4, 0.5) is 0 Å². The molecular weight excluding hydrogens is 416 g/mol. The summed E-state index contributed by atoms with van der Waals surface area (Å²) in [5.74, 6) is 1.22. The van der Waals surface area contributed by atoms with E-state index in [4.69, 9.17) is 9.47 Å². The Balaban J connectivity index is 1.29. The molecule has 8 heteroatoms. The van der Waals surface area contributed by atoms with Crippen molar-refractivity contribution in [2.75, 3.05) is 45.1 Å². The molecule has 2 aromatic rings. The van der Waals surface area contributed by atoms with Crippen molar-refractivity contribution in [1.29, 1.82) is 0 Å². The molecule has 1 atom stereocenters. The van der Waals surface area contributed by atoms with Crippen molar-refractivity contribution >= 4 is 15.7 Å². The molecule has 0 N–H and O–H groups in total. The number of nitrogens with zero attached hydrogens (tertiary/aromatic N) is 2. The highest BCUT2D eigenvalue weighted by Crippen LogP contribution is 2.31. The summed E-state index contributed by atoms with van der Waals surface area (Å²) in [4.78, 5) is 17.1. The third-order valence-electron chi connectivity index (χ3n) is 5.82. The van der Waals surface area contributed by atoms with E-state index in [1.165, 1.54) is 0 Å². The molecule has 0 aliphatic carbocycles. The lowest BCUT2D eigenvalue weighted by molar-refractivity contribution is -0.142. The van der Waals surface area contributed by atoms with Gasteiger partial charge in [-0.2, -0.15) is 0 Å². The van der Waals surface area contributed by atoms with Crippen molar-refractivity contribution < 1.29 is 22.7 Å². The van der Waals surface area contributed by atoms with E-state index in [0.717, 1.165) is 11.1 Å². The summed E-state index contributed by atoms with van der Waals surface area (Å²) in [5.41, 5.74) is 1.71. The summed E-state index contributed by atoms with van der Waals surface area (Å²) >= 11 is 0. The third-order valence-corrected chi connectivity index (χ3v) is 7.65. The van der Waals surface area contributed by atoms with Crippen LogP contribution in [-0.2, 0) is 14.6 Å². The number of hydrogen-bond acceptors (Lipinski definition) is 6. The highest BCUT2D eigenvalue weighted by molar-refractivity contribution is 7.91. The van der Waals surface area contributed by atoms with E-state index in [1.54, 1.807) is 17.0 Å². The van der Waals surface area contributed by atoms with E-state index in [1.807, 2.05) is 44.2 Å². The van der Waals surface area contributed by atoms with Gasteiger partial charge in [0.05, 0.1) is 10.6 Å². The molecule has 0 spiro atoms. The molecule has 31 heavy (non-hydrogen) atoms. The zero-order valence-electron chi connectivity index (χ0n) is 17.9. The maximum Gasteiger partial charge on any atom is 0.267 e. The van der Waals surface area contributed by atoms with Crippen LogP contribution in [0.2, 0.25) is 0 Å². The number of para-hydroxylation sites is 2. The Morgan fingerprint density at radius 1 is 1.03 bits per heavy atom. The van der Waals surface area contributed by atoms with E-state index >= 15 is 0 Å². The molecular formula is C23H28N2O5S. The van der Waals surface area contributed by atoms with Gasteiger partial charge in [-0.15, -0.1) is 0 Å². The molecule has 7 nitrogen and oxygen atoms in total. The van der Waals surface area contributed by atoms with Crippen LogP contribution < -0.4 is 9.47 Å². The monoisotopic (exact) mass is 444 g/mol. The van der Waals surface area contributed by atoms with Crippen LogP contribution in [0, 0.1) is 13.8 Å². The molecule has 2 aliphatic rings. The van der Waals surface area contributed by atoms with Crippen molar-refractivity contribution in [2.45, 2.75) is 24.8 Å². The first kappa shape index (κ1) is 21.6. The largest absolute Gasteiger partial charge is 0.485 e. The topological polar surface area (TPSA) is 76.2 Å². The fourth-order valence-electron chi connectivity index (χ4n) is 3.94. The van der Waals surface area contributed by atoms with E-state index < -0.39 is 15.9 Å². The smallest absolute Gasteiger partial charge is 0.267 e. The van der Waals surface area contributed by atoms with Gasteiger partial charge in [0.15, 0.2) is 21.3 Å². The number of carbonyl (C=O) groups excluding carboxylic acids is 1. The van der Waals surface area contributed by atoms with Crippen molar-refractivity contribution in [2.24, 2.45) is 0 Å². The van der Waals surface area contributed by atoms with Gasteiger partial charge in [-0.25, -0.2) is 8.42 Å². The first-order valence-corrected chi connectivity index (χ1v) is 12.2. The Kier molecular flexibility index (Phi) is 6.20. The van der Waals surface area contributed by atoms with Gasteiger partial charge in [-0.3, -0.25) is 9.69 Å². The van der Waals surface area contributed by atoms with Crippen LogP contribution in [0.3, 0.4) is 0 Å². The van der Waals surface area contributed by atoms with Gasteiger partial charge in [0, 0.05) is 32.7 Å². The second kappa shape index (κ2) is 8.88. The second-order valence-corrected chi connectivity index (χ2v) is 10.2. The Labute approximate surface area is 183 Å². The standard InChI is InChI=1S/C23H28N2O5S/c1-17-7-8-18(2)22(15-17)31(27,28)14-13-24-9-11-25(12-10-24)23(26)21-16-29-19-5-3-4-6-20(19)30-21/h3-8,15,21H,9-14,16H2,1-2H3/t21-/m0/s1. The number of carbonyl (C=O) groups is 1. The van der Waals surface area contributed by atoms with Crippen molar-refractivity contribution in [1.82, 2.24) is 9.80 Å². The van der Waals surface area contributed by atoms with E-state index in [9.17, 15) is 13.2 Å². The van der Waals surface area contributed by atoms with Crippen LogP contribution in [-0.4, -0.2) is 75.3 Å². The number of amides is 1. The van der Waals surface area contributed by atoms with Crippen molar-refractivity contribution in [3.05, 3.63) is 53.6 Å². The minimum atomic E-state index is -3.35. The highest BCUT2D eigenvalue weighted by atomic mass is 32.2. The SMILES string of the molecule is Cc1ccc(C)c(S(=O)(=O)CCN2CCN(C(=O)[C@@H]3COc4ccccc4O3)CC2)c1. The summed E-state index contributed by atoms with van der Waals surface area (Å²) in [5, 5.41) is 0. The third kappa shape index (κ3) is 4.85. The predicted octanol–water partition coefficient (Wildman–Crippen LogP) is 2.06. The molecule has 0 saturated carbocycles. The van der Waals surface area contributed by atoms with Gasteiger partial charge in [-0.1, -0.05) is 24.3 Å². The fraction of sp³-hybridized carbons (Fsp3) is 0.435. The molecule has 1 fully saturated rings. The first-order chi connectivity index (χ1) is 14.8. The lowest BCUT2D eigenvalue weighted by Gasteiger charge is -2.37. The molecule has 166 valence electrons. The van der Waals surface area contributed by atoms with Gasteiger partial charge in [0.25, 0.3) is 5.91 Å². The van der Waals surface area contributed by atoms with Gasteiger partial charge in [-0.05, 0) is 43.2 Å². The molecule has 0 aromatic heterocycles. The van der Waals surface area contributed by atoms with Gasteiger partial charge >= 0.3 is 0 Å². The Bertz CT molecular complexity index is 1060. The van der Waals surface area contributed by atoms with E-state index in [0.29, 0.717) is 49.1 Å². The Morgan fingerprint density at radius 2 is 1.74 bits per heavy atom. The first-order valence-electron chi connectivity index (χ1n) is 10.5. The van der Waals surface area contributed by atoms with Crippen LogP contribution in [0.15, 0.2) is 47.4 Å². The van der Waals surface area contributed by atoms with E-state index in [2.05, 4.69) is 4.90 Å². The second-order valence-electron chi connectivity index (χ2n) is 8.12. The molecule has 1 saturated heterocycles. The number of hydrogen-bond donors (Lipinski definition) is 0. The van der Waals surface area contributed by atoms with Crippen molar-refractivity contribution in [3.63, 3.8) is 0 Å². The summed E-state index contributed by atoms with van der Waals surface area (Å²) in [6.07, 6.45) is -0.647. The summed E-state index contributed by atoms with van der Waals surface area (Å²) in [7, 11) is -3.35. The zero-order chi connectivity index (χ0) is 22.0. The van der Waals surface area contributed by atoms with E-state index in [-0.39, 0.29) is 18.3 Å². The van der Waals surface area contributed by atoms with Gasteiger partial charge in [0.1, 0.15) is 6.61 Å². The van der Waals surface area contributed by atoms with Crippen LogP contribution in [0.25, 0.3) is 0 Å². The lowest BCUT2D eigenvalue weighted by atomic mass is 10.2. The zero-order valence-corrected chi connectivity index (χ0v) is 18.7. The number of benzene rings is 2. The summed E-state index contributed by atoms with van der Waals surface area (Å²) in [6.45, 7) is 6.74. The van der Waals surface area contributed by atoms with Crippen LogP contribution in [0.5, 0.6) is 11.5 Å². The lowest BCUT2D eigenvalue weighted by Crippen LogP contribution is -2.54.